The minimum absolute atomic E-state index is 0.0456. The summed E-state index contributed by atoms with van der Waals surface area (Å²) in [5.74, 6) is -0.147. The average molecular weight is 271 g/mol. The Labute approximate surface area is 111 Å². The molecule has 0 aromatic heterocycles. The van der Waals surface area contributed by atoms with E-state index in [1.807, 2.05) is 6.92 Å². The number of benzene rings is 1. The van der Waals surface area contributed by atoms with Crippen LogP contribution in [-0.2, 0) is 9.53 Å². The first-order valence-corrected chi connectivity index (χ1v) is 5.81. The number of methoxy groups -OCH3 is 2. The molecule has 4 nitrogen and oxygen atoms in total. The minimum Gasteiger partial charge on any atom is -0.496 e. The molecule has 0 fully saturated rings. The number of Topliss-reactive ketones (excluding diaryl/α,β-unsaturated/α-hetero) is 1. The summed E-state index contributed by atoms with van der Waals surface area (Å²) < 4.78 is 9.63. The summed E-state index contributed by atoms with van der Waals surface area (Å²) in [4.78, 5) is 23.0. The molecule has 0 radical (unpaired) electrons. The van der Waals surface area contributed by atoms with Crippen molar-refractivity contribution >= 4 is 23.4 Å². The molecule has 0 bridgehead atoms. The van der Waals surface area contributed by atoms with Crippen molar-refractivity contribution < 1.29 is 19.1 Å². The van der Waals surface area contributed by atoms with E-state index >= 15 is 0 Å². The maximum Gasteiger partial charge on any atom is 0.305 e. The Bertz CT molecular complexity index is 468. The van der Waals surface area contributed by atoms with E-state index in [2.05, 4.69) is 4.74 Å². The standard InChI is InChI=1S/C13H15ClO4/c1-8-6-12(17-2)9(7-10(8)14)11(15)4-5-13(16)18-3/h6-7H,4-5H2,1-3H3. The first kappa shape index (κ1) is 14.5. The molecule has 0 amide bonds. The van der Waals surface area contributed by atoms with Crippen LogP contribution in [0.1, 0.15) is 28.8 Å². The third kappa shape index (κ3) is 3.47. The van der Waals surface area contributed by atoms with Crippen LogP contribution in [0.15, 0.2) is 12.1 Å². The van der Waals surface area contributed by atoms with Gasteiger partial charge in [0.05, 0.1) is 26.2 Å². The van der Waals surface area contributed by atoms with Crippen molar-refractivity contribution in [2.24, 2.45) is 0 Å². The van der Waals surface area contributed by atoms with E-state index < -0.39 is 5.97 Å². The Morgan fingerprint density at radius 3 is 2.44 bits per heavy atom. The van der Waals surface area contributed by atoms with Crippen LogP contribution in [0.5, 0.6) is 5.75 Å². The van der Waals surface area contributed by atoms with Crippen LogP contribution in [-0.4, -0.2) is 26.0 Å². The van der Waals surface area contributed by atoms with Gasteiger partial charge in [-0.15, -0.1) is 0 Å². The van der Waals surface area contributed by atoms with E-state index in [9.17, 15) is 9.59 Å². The summed E-state index contributed by atoms with van der Waals surface area (Å²) >= 11 is 5.98. The van der Waals surface area contributed by atoms with Gasteiger partial charge >= 0.3 is 5.97 Å². The number of carbonyl (C=O) groups excluding carboxylic acids is 2. The highest BCUT2D eigenvalue weighted by molar-refractivity contribution is 6.31. The molecule has 0 aliphatic heterocycles. The van der Waals surface area contributed by atoms with E-state index in [1.165, 1.54) is 14.2 Å². The fraction of sp³-hybridized carbons (Fsp3) is 0.385. The lowest BCUT2D eigenvalue weighted by Gasteiger charge is -2.09. The minimum atomic E-state index is -0.416. The van der Waals surface area contributed by atoms with E-state index in [0.717, 1.165) is 5.56 Å². The Balaban J connectivity index is 2.91. The molecule has 0 unspecified atom stereocenters. The SMILES string of the molecule is COC(=O)CCC(=O)c1cc(Cl)c(C)cc1OC. The second-order valence-corrected chi connectivity index (χ2v) is 4.21. The average Bonchev–Trinajstić information content (AvgIpc) is 2.37. The Hall–Kier alpha value is -1.55. The van der Waals surface area contributed by atoms with Gasteiger partial charge in [-0.3, -0.25) is 9.59 Å². The maximum absolute atomic E-state index is 12.0. The van der Waals surface area contributed by atoms with Crippen molar-refractivity contribution in [2.45, 2.75) is 19.8 Å². The first-order valence-electron chi connectivity index (χ1n) is 5.43. The lowest BCUT2D eigenvalue weighted by molar-refractivity contribution is -0.140. The zero-order valence-corrected chi connectivity index (χ0v) is 11.3. The normalized spacial score (nSPS) is 10.0. The second kappa shape index (κ2) is 6.40. The fourth-order valence-electron chi connectivity index (χ4n) is 1.49. The predicted molar refractivity (Wildman–Crippen MR) is 68.3 cm³/mol. The molecule has 1 aromatic carbocycles. The van der Waals surface area contributed by atoms with Crippen molar-refractivity contribution in [1.29, 1.82) is 0 Å². The highest BCUT2D eigenvalue weighted by Crippen LogP contribution is 2.27. The van der Waals surface area contributed by atoms with Gasteiger partial charge < -0.3 is 9.47 Å². The molecule has 98 valence electrons. The van der Waals surface area contributed by atoms with Crippen LogP contribution < -0.4 is 4.74 Å². The van der Waals surface area contributed by atoms with Crippen molar-refractivity contribution in [2.75, 3.05) is 14.2 Å². The predicted octanol–water partition coefficient (Wildman–Crippen LogP) is 2.79. The van der Waals surface area contributed by atoms with Gasteiger partial charge in [0.2, 0.25) is 0 Å². The van der Waals surface area contributed by atoms with Crippen LogP contribution in [0.25, 0.3) is 0 Å². The number of esters is 1. The Kier molecular flexibility index (Phi) is 5.16. The molecule has 18 heavy (non-hydrogen) atoms. The zero-order valence-electron chi connectivity index (χ0n) is 10.6. The lowest BCUT2D eigenvalue weighted by Crippen LogP contribution is -2.07. The van der Waals surface area contributed by atoms with Gasteiger partial charge in [-0.1, -0.05) is 11.6 Å². The first-order chi connectivity index (χ1) is 8.49. The van der Waals surface area contributed by atoms with Gasteiger partial charge in [0.15, 0.2) is 5.78 Å². The molecular formula is C13H15ClO4. The van der Waals surface area contributed by atoms with Gasteiger partial charge in [0.1, 0.15) is 5.75 Å². The van der Waals surface area contributed by atoms with Gasteiger partial charge in [-0.05, 0) is 24.6 Å². The molecule has 0 heterocycles. The number of carbonyl (C=O) groups is 2. The summed E-state index contributed by atoms with van der Waals surface area (Å²) in [5, 5.41) is 0.497. The highest BCUT2D eigenvalue weighted by Gasteiger charge is 2.16. The molecule has 0 N–H and O–H groups in total. The van der Waals surface area contributed by atoms with Crippen molar-refractivity contribution in [3.8, 4) is 5.75 Å². The summed E-state index contributed by atoms with van der Waals surface area (Å²) in [6.45, 7) is 1.83. The van der Waals surface area contributed by atoms with E-state index in [4.69, 9.17) is 16.3 Å². The van der Waals surface area contributed by atoms with Crippen LogP contribution in [0.4, 0.5) is 0 Å². The van der Waals surface area contributed by atoms with E-state index in [0.29, 0.717) is 16.3 Å². The molecule has 1 aromatic rings. The third-order valence-electron chi connectivity index (χ3n) is 2.57. The molecular weight excluding hydrogens is 256 g/mol. The number of halogens is 1. The molecule has 0 saturated carbocycles. The van der Waals surface area contributed by atoms with Crippen molar-refractivity contribution in [3.05, 3.63) is 28.3 Å². The molecule has 0 aliphatic rings. The zero-order chi connectivity index (χ0) is 13.7. The third-order valence-corrected chi connectivity index (χ3v) is 2.97. The summed E-state index contributed by atoms with van der Waals surface area (Å²) in [6, 6.07) is 3.27. The Morgan fingerprint density at radius 2 is 1.89 bits per heavy atom. The number of rotatable bonds is 5. The van der Waals surface area contributed by atoms with E-state index in [1.54, 1.807) is 12.1 Å². The number of aryl methyl sites for hydroxylation is 1. The van der Waals surface area contributed by atoms with Gasteiger partial charge in [0, 0.05) is 11.4 Å². The second-order valence-electron chi connectivity index (χ2n) is 3.80. The summed E-state index contributed by atoms with van der Waals surface area (Å²) in [7, 11) is 2.77. The van der Waals surface area contributed by atoms with Gasteiger partial charge in [-0.2, -0.15) is 0 Å². The number of hydrogen-bond donors (Lipinski definition) is 0. The van der Waals surface area contributed by atoms with E-state index in [-0.39, 0.29) is 18.6 Å². The van der Waals surface area contributed by atoms with Gasteiger partial charge in [-0.25, -0.2) is 0 Å². The molecule has 0 atom stereocenters. The topological polar surface area (TPSA) is 52.6 Å². The largest absolute Gasteiger partial charge is 0.496 e. The number of hydrogen-bond acceptors (Lipinski definition) is 4. The molecule has 0 spiro atoms. The highest BCUT2D eigenvalue weighted by atomic mass is 35.5. The molecule has 0 saturated heterocycles. The van der Waals surface area contributed by atoms with Crippen molar-refractivity contribution in [3.63, 3.8) is 0 Å². The van der Waals surface area contributed by atoms with Crippen molar-refractivity contribution in [1.82, 2.24) is 0 Å². The van der Waals surface area contributed by atoms with Gasteiger partial charge in [0.25, 0.3) is 0 Å². The summed E-state index contributed by atoms with van der Waals surface area (Å²) in [6.07, 6.45) is 0.117. The van der Waals surface area contributed by atoms with Crippen LogP contribution in [0.2, 0.25) is 5.02 Å². The quantitative estimate of drug-likeness (QED) is 0.610. The van der Waals surface area contributed by atoms with Crippen LogP contribution in [0.3, 0.4) is 0 Å². The monoisotopic (exact) mass is 270 g/mol. The number of ether oxygens (including phenoxy) is 2. The number of ketones is 1. The molecule has 5 heteroatoms. The fourth-order valence-corrected chi connectivity index (χ4v) is 1.66. The maximum atomic E-state index is 12.0. The smallest absolute Gasteiger partial charge is 0.305 e. The van der Waals surface area contributed by atoms with Crippen LogP contribution in [0, 0.1) is 6.92 Å². The summed E-state index contributed by atoms with van der Waals surface area (Å²) in [5.41, 5.74) is 1.22. The van der Waals surface area contributed by atoms with Crippen LogP contribution >= 0.6 is 11.6 Å². The molecule has 1 rings (SSSR count). The lowest BCUT2D eigenvalue weighted by atomic mass is 10.0. The Morgan fingerprint density at radius 1 is 1.22 bits per heavy atom. The molecule has 0 aliphatic carbocycles.